The molecule has 1 saturated carbocycles. The van der Waals surface area contributed by atoms with E-state index in [-0.39, 0.29) is 0 Å². The van der Waals surface area contributed by atoms with Gasteiger partial charge < -0.3 is 10.1 Å². The lowest BCUT2D eigenvalue weighted by Gasteiger charge is -2.16. The third kappa shape index (κ3) is 3.94. The van der Waals surface area contributed by atoms with Crippen molar-refractivity contribution in [3.63, 3.8) is 0 Å². The van der Waals surface area contributed by atoms with Crippen LogP contribution in [-0.2, 0) is 0 Å². The number of rotatable bonds is 6. The molecule has 1 aliphatic heterocycles. The molecule has 19 heavy (non-hydrogen) atoms. The van der Waals surface area contributed by atoms with Crippen LogP contribution in [0.1, 0.15) is 19.3 Å². The minimum atomic E-state index is 0.661. The second-order valence-electron chi connectivity index (χ2n) is 5.47. The Bertz CT molecular complexity index is 405. The predicted molar refractivity (Wildman–Crippen MR) is 80.6 cm³/mol. The maximum atomic E-state index is 5.71. The van der Waals surface area contributed by atoms with Crippen molar-refractivity contribution in [2.24, 2.45) is 0 Å². The van der Waals surface area contributed by atoms with E-state index in [0.717, 1.165) is 29.4 Å². The SMILES string of the molecule is Brc1ccc(OCCNC2CCN(C3CC3)C2)cc1. The Morgan fingerprint density at radius 3 is 2.74 bits per heavy atom. The first-order valence-corrected chi connectivity index (χ1v) is 7.96. The van der Waals surface area contributed by atoms with Crippen molar-refractivity contribution in [3.05, 3.63) is 28.7 Å². The number of benzene rings is 1. The predicted octanol–water partition coefficient (Wildman–Crippen LogP) is 2.65. The number of halogens is 1. The molecule has 0 aromatic heterocycles. The summed E-state index contributed by atoms with van der Waals surface area (Å²) in [6, 6.07) is 9.57. The molecular weight excluding hydrogens is 304 g/mol. The summed E-state index contributed by atoms with van der Waals surface area (Å²) in [4.78, 5) is 2.63. The van der Waals surface area contributed by atoms with E-state index in [2.05, 4.69) is 26.1 Å². The molecule has 0 bridgehead atoms. The Balaban J connectivity index is 1.31. The molecule has 0 radical (unpaired) electrons. The highest BCUT2D eigenvalue weighted by atomic mass is 79.9. The number of ether oxygens (including phenoxy) is 1. The molecule has 3 nitrogen and oxygen atoms in total. The highest BCUT2D eigenvalue weighted by Crippen LogP contribution is 2.29. The minimum Gasteiger partial charge on any atom is -0.492 e. The molecule has 4 heteroatoms. The molecule has 1 heterocycles. The molecule has 1 N–H and O–H groups in total. The Morgan fingerprint density at radius 1 is 1.21 bits per heavy atom. The molecule has 3 rings (SSSR count). The van der Waals surface area contributed by atoms with E-state index in [1.54, 1.807) is 0 Å². The highest BCUT2D eigenvalue weighted by molar-refractivity contribution is 9.10. The number of hydrogen-bond acceptors (Lipinski definition) is 3. The van der Waals surface area contributed by atoms with E-state index in [4.69, 9.17) is 4.74 Å². The van der Waals surface area contributed by atoms with Crippen molar-refractivity contribution in [1.29, 1.82) is 0 Å². The quantitative estimate of drug-likeness (QED) is 0.814. The van der Waals surface area contributed by atoms with Gasteiger partial charge in [-0.1, -0.05) is 15.9 Å². The summed E-state index contributed by atoms with van der Waals surface area (Å²) in [5, 5.41) is 3.60. The number of likely N-dealkylation sites (tertiary alicyclic amines) is 1. The Labute approximate surface area is 123 Å². The highest BCUT2D eigenvalue weighted by Gasteiger charge is 2.33. The van der Waals surface area contributed by atoms with Crippen LogP contribution in [0.4, 0.5) is 0 Å². The van der Waals surface area contributed by atoms with Crippen molar-refractivity contribution < 1.29 is 4.74 Å². The topological polar surface area (TPSA) is 24.5 Å². The van der Waals surface area contributed by atoms with Crippen molar-refractivity contribution in [2.45, 2.75) is 31.3 Å². The zero-order valence-electron chi connectivity index (χ0n) is 11.1. The summed E-state index contributed by atoms with van der Waals surface area (Å²) in [5.41, 5.74) is 0. The maximum absolute atomic E-state index is 5.71. The fourth-order valence-corrected chi connectivity index (χ4v) is 2.95. The standard InChI is InChI=1S/C15H21BrN2O/c16-12-1-5-15(6-2-12)19-10-8-17-13-7-9-18(11-13)14-3-4-14/h1-2,5-6,13-14,17H,3-4,7-11H2. The van der Waals surface area contributed by atoms with Crippen molar-refractivity contribution in [3.8, 4) is 5.75 Å². The average Bonchev–Trinajstić information content (AvgIpc) is 3.17. The largest absolute Gasteiger partial charge is 0.492 e. The van der Waals surface area contributed by atoms with Gasteiger partial charge >= 0.3 is 0 Å². The molecule has 1 aromatic carbocycles. The Hall–Kier alpha value is -0.580. The molecule has 0 amide bonds. The first kappa shape index (κ1) is 13.4. The van der Waals surface area contributed by atoms with Crippen LogP contribution < -0.4 is 10.1 Å². The van der Waals surface area contributed by atoms with Gasteiger partial charge in [-0.15, -0.1) is 0 Å². The summed E-state index contributed by atoms with van der Waals surface area (Å²) < 4.78 is 6.80. The monoisotopic (exact) mass is 324 g/mol. The fourth-order valence-electron chi connectivity index (χ4n) is 2.69. The van der Waals surface area contributed by atoms with Gasteiger partial charge in [-0.05, 0) is 43.5 Å². The van der Waals surface area contributed by atoms with Gasteiger partial charge in [-0.2, -0.15) is 0 Å². The lowest BCUT2D eigenvalue weighted by atomic mass is 10.2. The van der Waals surface area contributed by atoms with Crippen LogP contribution in [0.3, 0.4) is 0 Å². The fraction of sp³-hybridized carbons (Fsp3) is 0.600. The van der Waals surface area contributed by atoms with Crippen molar-refractivity contribution >= 4 is 15.9 Å². The van der Waals surface area contributed by atoms with Gasteiger partial charge in [0.15, 0.2) is 0 Å². The molecule has 2 fully saturated rings. The van der Waals surface area contributed by atoms with Crippen LogP contribution in [0, 0.1) is 0 Å². The van der Waals surface area contributed by atoms with Gasteiger partial charge in [0.25, 0.3) is 0 Å². The van der Waals surface area contributed by atoms with Gasteiger partial charge in [-0.25, -0.2) is 0 Å². The van der Waals surface area contributed by atoms with Crippen LogP contribution in [0.5, 0.6) is 5.75 Å². The van der Waals surface area contributed by atoms with Crippen LogP contribution in [0.25, 0.3) is 0 Å². The van der Waals surface area contributed by atoms with E-state index in [1.165, 1.54) is 32.4 Å². The second kappa shape index (κ2) is 6.25. The van der Waals surface area contributed by atoms with Gasteiger partial charge in [0.2, 0.25) is 0 Å². The smallest absolute Gasteiger partial charge is 0.119 e. The molecule has 1 atom stereocenters. The first-order chi connectivity index (χ1) is 9.31. The lowest BCUT2D eigenvalue weighted by Crippen LogP contribution is -2.35. The van der Waals surface area contributed by atoms with Gasteiger partial charge in [-0.3, -0.25) is 4.90 Å². The first-order valence-electron chi connectivity index (χ1n) is 7.17. The normalized spacial score (nSPS) is 23.7. The van der Waals surface area contributed by atoms with E-state index in [9.17, 15) is 0 Å². The third-order valence-electron chi connectivity index (χ3n) is 3.90. The van der Waals surface area contributed by atoms with Gasteiger partial charge in [0, 0.05) is 36.2 Å². The number of hydrogen-bond donors (Lipinski definition) is 1. The average molecular weight is 325 g/mol. The van der Waals surface area contributed by atoms with E-state index < -0.39 is 0 Å². The molecule has 0 spiro atoms. The second-order valence-corrected chi connectivity index (χ2v) is 6.38. The van der Waals surface area contributed by atoms with Crippen LogP contribution in [0.2, 0.25) is 0 Å². The zero-order valence-corrected chi connectivity index (χ0v) is 12.7. The molecule has 1 unspecified atom stereocenters. The van der Waals surface area contributed by atoms with Crippen LogP contribution in [0.15, 0.2) is 28.7 Å². The summed E-state index contributed by atoms with van der Waals surface area (Å²) >= 11 is 3.42. The Morgan fingerprint density at radius 2 is 2.00 bits per heavy atom. The van der Waals surface area contributed by atoms with Crippen LogP contribution in [-0.4, -0.2) is 43.2 Å². The summed E-state index contributed by atoms with van der Waals surface area (Å²) in [7, 11) is 0. The molecule has 104 valence electrons. The van der Waals surface area contributed by atoms with Crippen molar-refractivity contribution in [2.75, 3.05) is 26.2 Å². The summed E-state index contributed by atoms with van der Waals surface area (Å²) in [6.07, 6.45) is 4.12. The molecule has 1 aromatic rings. The lowest BCUT2D eigenvalue weighted by molar-refractivity contribution is 0.293. The summed E-state index contributed by atoms with van der Waals surface area (Å²) in [6.45, 7) is 4.17. The number of nitrogens with one attached hydrogen (secondary N) is 1. The van der Waals surface area contributed by atoms with Crippen LogP contribution >= 0.6 is 15.9 Å². The van der Waals surface area contributed by atoms with E-state index in [0.29, 0.717) is 6.04 Å². The van der Waals surface area contributed by atoms with Gasteiger partial charge in [0.05, 0.1) is 0 Å². The Kier molecular flexibility index (Phi) is 4.41. The van der Waals surface area contributed by atoms with E-state index in [1.807, 2.05) is 24.3 Å². The summed E-state index contributed by atoms with van der Waals surface area (Å²) in [5.74, 6) is 0.941. The third-order valence-corrected chi connectivity index (χ3v) is 4.43. The molecule has 1 aliphatic carbocycles. The van der Waals surface area contributed by atoms with E-state index >= 15 is 0 Å². The van der Waals surface area contributed by atoms with Gasteiger partial charge in [0.1, 0.15) is 12.4 Å². The minimum absolute atomic E-state index is 0.661. The zero-order chi connectivity index (χ0) is 13.1. The molecular formula is C15H21BrN2O. The molecule has 1 saturated heterocycles. The molecule has 2 aliphatic rings. The number of nitrogens with zero attached hydrogens (tertiary/aromatic N) is 1. The van der Waals surface area contributed by atoms with Crippen molar-refractivity contribution in [1.82, 2.24) is 10.2 Å². The maximum Gasteiger partial charge on any atom is 0.119 e.